The lowest BCUT2D eigenvalue weighted by atomic mass is 9.94. The van der Waals surface area contributed by atoms with E-state index < -0.39 is 5.60 Å². The van der Waals surface area contributed by atoms with Gasteiger partial charge in [0.1, 0.15) is 11.0 Å². The average molecular weight is 315 g/mol. The molecule has 0 atom stereocenters. The molecule has 0 bridgehead atoms. The van der Waals surface area contributed by atoms with Crippen LogP contribution >= 0.6 is 11.6 Å². The molecule has 21 heavy (non-hydrogen) atoms. The molecule has 0 spiro atoms. The second kappa shape index (κ2) is 6.57. The fourth-order valence-electron chi connectivity index (χ4n) is 2.34. The van der Waals surface area contributed by atoms with Gasteiger partial charge in [0.05, 0.1) is 5.60 Å². The number of pyridine rings is 1. The highest BCUT2D eigenvalue weighted by Gasteiger charge is 2.32. The molecule has 0 saturated carbocycles. The van der Waals surface area contributed by atoms with Crippen molar-refractivity contribution in [1.82, 2.24) is 9.88 Å². The molecular formula is C13H19ClN4O3. The molecule has 116 valence electrons. The molecule has 7 nitrogen and oxygen atoms in total. The Balaban J connectivity index is 2.10. The van der Waals surface area contributed by atoms with Gasteiger partial charge in [-0.15, -0.1) is 0 Å². The maximum Gasteiger partial charge on any atom is 0.253 e. The summed E-state index contributed by atoms with van der Waals surface area (Å²) in [5, 5.41) is 10.6. The molecule has 0 radical (unpaired) electrons. The normalized spacial score (nSPS) is 17.3. The molecule has 4 N–H and O–H groups in total. The first kappa shape index (κ1) is 16.0. The summed E-state index contributed by atoms with van der Waals surface area (Å²) in [4.78, 5) is 17.8. The van der Waals surface area contributed by atoms with Crippen LogP contribution in [0.5, 0.6) is 0 Å². The third-order valence-electron chi connectivity index (χ3n) is 3.49. The number of nitrogens with two attached hydrogens (primary N) is 1. The van der Waals surface area contributed by atoms with E-state index in [4.69, 9.17) is 22.2 Å². The summed E-state index contributed by atoms with van der Waals surface area (Å²) in [5.74, 6) is 5.34. The molecule has 0 aliphatic carbocycles. The summed E-state index contributed by atoms with van der Waals surface area (Å²) in [7, 11) is 1.64. The number of likely N-dealkylation sites (N-methyl/N-ethyl adjacent to an activating group) is 1. The topological polar surface area (TPSA) is 101 Å². The molecule has 2 rings (SSSR count). The number of halogens is 1. The minimum atomic E-state index is -0.908. The van der Waals surface area contributed by atoms with Gasteiger partial charge in [0, 0.05) is 45.2 Å². The molecule has 0 unspecified atom stereocenters. The Morgan fingerprint density at radius 2 is 2.24 bits per heavy atom. The van der Waals surface area contributed by atoms with Gasteiger partial charge in [0.2, 0.25) is 0 Å². The number of nitrogens with one attached hydrogen (secondary N) is 1. The van der Waals surface area contributed by atoms with E-state index in [2.05, 4.69) is 10.4 Å². The molecule has 1 aliphatic heterocycles. The van der Waals surface area contributed by atoms with Crippen molar-refractivity contribution >= 4 is 23.3 Å². The van der Waals surface area contributed by atoms with Gasteiger partial charge >= 0.3 is 0 Å². The van der Waals surface area contributed by atoms with Crippen molar-refractivity contribution in [3.63, 3.8) is 0 Å². The molecule has 2 heterocycles. The van der Waals surface area contributed by atoms with E-state index in [9.17, 15) is 9.90 Å². The van der Waals surface area contributed by atoms with Crippen molar-refractivity contribution in [2.45, 2.75) is 18.4 Å². The van der Waals surface area contributed by atoms with Gasteiger partial charge in [-0.2, -0.15) is 0 Å². The van der Waals surface area contributed by atoms with E-state index in [1.807, 2.05) is 0 Å². The molecular weight excluding hydrogens is 296 g/mol. The number of amides is 1. The van der Waals surface area contributed by atoms with Crippen LogP contribution in [-0.2, 0) is 4.74 Å². The predicted octanol–water partition coefficient (Wildman–Crippen LogP) is 0.634. The summed E-state index contributed by atoms with van der Waals surface area (Å²) in [6.07, 6.45) is 1.02. The highest BCUT2D eigenvalue weighted by atomic mass is 35.5. The number of hydrogen-bond donors (Lipinski definition) is 3. The van der Waals surface area contributed by atoms with E-state index >= 15 is 0 Å². The van der Waals surface area contributed by atoms with Crippen molar-refractivity contribution in [2.75, 3.05) is 32.2 Å². The van der Waals surface area contributed by atoms with Gasteiger partial charge in [0.25, 0.3) is 5.91 Å². The third kappa shape index (κ3) is 4.04. The molecule has 1 saturated heterocycles. The van der Waals surface area contributed by atoms with E-state index in [-0.39, 0.29) is 17.6 Å². The zero-order valence-electron chi connectivity index (χ0n) is 11.8. The van der Waals surface area contributed by atoms with Crippen LogP contribution in [0.1, 0.15) is 23.2 Å². The Morgan fingerprint density at radius 1 is 1.57 bits per heavy atom. The van der Waals surface area contributed by atoms with Crippen LogP contribution in [0.25, 0.3) is 0 Å². The quantitative estimate of drug-likeness (QED) is 0.428. The van der Waals surface area contributed by atoms with Gasteiger partial charge in [-0.05, 0) is 12.1 Å². The summed E-state index contributed by atoms with van der Waals surface area (Å²) in [6.45, 7) is 1.24. The van der Waals surface area contributed by atoms with Crippen molar-refractivity contribution in [3.8, 4) is 0 Å². The smallest absolute Gasteiger partial charge is 0.253 e. The minimum absolute atomic E-state index is 0.173. The van der Waals surface area contributed by atoms with Crippen molar-refractivity contribution in [2.24, 2.45) is 5.84 Å². The largest absolute Gasteiger partial charge is 0.388 e. The number of ether oxygens (including phenoxy) is 1. The Bertz CT molecular complexity index is 520. The van der Waals surface area contributed by atoms with Crippen LogP contribution in [0.3, 0.4) is 0 Å². The van der Waals surface area contributed by atoms with Crippen LogP contribution in [-0.4, -0.2) is 53.3 Å². The first-order valence-electron chi connectivity index (χ1n) is 6.63. The lowest BCUT2D eigenvalue weighted by Crippen LogP contribution is -2.47. The molecule has 1 fully saturated rings. The van der Waals surface area contributed by atoms with E-state index in [1.165, 1.54) is 17.0 Å². The fourth-order valence-corrected chi connectivity index (χ4v) is 2.55. The monoisotopic (exact) mass is 314 g/mol. The van der Waals surface area contributed by atoms with Crippen LogP contribution in [0.2, 0.25) is 5.15 Å². The van der Waals surface area contributed by atoms with Gasteiger partial charge in [-0.25, -0.2) is 10.8 Å². The number of nitrogens with zero attached hydrogens (tertiary/aromatic N) is 2. The van der Waals surface area contributed by atoms with Gasteiger partial charge in [0.15, 0.2) is 0 Å². The van der Waals surface area contributed by atoms with Crippen molar-refractivity contribution < 1.29 is 14.6 Å². The summed E-state index contributed by atoms with van der Waals surface area (Å²) in [5.41, 5.74) is 1.81. The Hall–Kier alpha value is -1.41. The molecule has 8 heteroatoms. The zero-order valence-corrected chi connectivity index (χ0v) is 12.6. The summed E-state index contributed by atoms with van der Waals surface area (Å²) >= 11 is 5.85. The number of hydrazine groups is 1. The summed E-state index contributed by atoms with van der Waals surface area (Å²) in [6, 6.07) is 2.98. The number of carbonyl (C=O) groups excluding carboxylic acids is 1. The van der Waals surface area contributed by atoms with Gasteiger partial charge in [-0.3, -0.25) is 4.79 Å². The van der Waals surface area contributed by atoms with E-state index in [0.29, 0.717) is 37.4 Å². The third-order valence-corrected chi connectivity index (χ3v) is 3.68. The highest BCUT2D eigenvalue weighted by Crippen LogP contribution is 2.22. The second-order valence-corrected chi connectivity index (χ2v) is 5.59. The second-order valence-electron chi connectivity index (χ2n) is 5.21. The molecule has 1 aliphatic rings. The standard InChI is InChI=1S/C13H19ClN4O3/c1-18(8-13(20)2-4-21-5-3-13)12(19)9-6-10(14)16-11(7-9)17-15/h6-7,20H,2-5,8,15H2,1H3,(H,16,17). The number of aromatic nitrogens is 1. The van der Waals surface area contributed by atoms with Crippen LogP contribution in [0.15, 0.2) is 12.1 Å². The molecule has 1 amide bonds. The van der Waals surface area contributed by atoms with Crippen LogP contribution < -0.4 is 11.3 Å². The highest BCUT2D eigenvalue weighted by molar-refractivity contribution is 6.29. The number of rotatable bonds is 4. The predicted molar refractivity (Wildman–Crippen MR) is 79.0 cm³/mol. The van der Waals surface area contributed by atoms with Crippen molar-refractivity contribution in [1.29, 1.82) is 0 Å². The summed E-state index contributed by atoms with van der Waals surface area (Å²) < 4.78 is 5.23. The molecule has 1 aromatic rings. The Labute approximate surface area is 128 Å². The van der Waals surface area contributed by atoms with Gasteiger partial charge in [-0.1, -0.05) is 11.6 Å². The lowest BCUT2D eigenvalue weighted by molar-refractivity contribution is -0.0734. The van der Waals surface area contributed by atoms with Crippen molar-refractivity contribution in [3.05, 3.63) is 22.8 Å². The van der Waals surface area contributed by atoms with E-state index in [1.54, 1.807) is 7.05 Å². The van der Waals surface area contributed by atoms with Gasteiger partial charge < -0.3 is 20.2 Å². The van der Waals surface area contributed by atoms with Crippen LogP contribution in [0.4, 0.5) is 5.82 Å². The lowest BCUT2D eigenvalue weighted by Gasteiger charge is -2.35. The first-order chi connectivity index (χ1) is 9.93. The number of aliphatic hydroxyl groups is 1. The maximum absolute atomic E-state index is 12.4. The molecule has 0 aromatic carbocycles. The Kier molecular flexibility index (Phi) is 5.00. The SMILES string of the molecule is CN(CC1(O)CCOCC1)C(=O)c1cc(Cl)nc(NN)c1. The number of anilines is 1. The number of nitrogen functional groups attached to an aromatic ring is 1. The average Bonchev–Trinajstić information content (AvgIpc) is 2.46. The Morgan fingerprint density at radius 3 is 2.86 bits per heavy atom. The number of carbonyl (C=O) groups is 1. The molecule has 1 aromatic heterocycles. The maximum atomic E-state index is 12.4. The van der Waals surface area contributed by atoms with E-state index in [0.717, 1.165) is 0 Å². The fraction of sp³-hybridized carbons (Fsp3) is 0.538. The van der Waals surface area contributed by atoms with Crippen LogP contribution in [0, 0.1) is 0 Å². The minimum Gasteiger partial charge on any atom is -0.388 e. The number of hydrogen-bond acceptors (Lipinski definition) is 6. The zero-order chi connectivity index (χ0) is 15.5. The first-order valence-corrected chi connectivity index (χ1v) is 7.01.